The highest BCUT2D eigenvalue weighted by Crippen LogP contribution is 2.34. The maximum atomic E-state index is 11.2. The molecule has 0 spiro atoms. The largest absolute Gasteiger partial charge is 0.326 e. The lowest BCUT2D eigenvalue weighted by molar-refractivity contribution is -0.128. The van der Waals surface area contributed by atoms with Crippen molar-refractivity contribution in [1.29, 1.82) is 0 Å². The number of carbonyl (C=O) groups excluding carboxylic acids is 1. The van der Waals surface area contributed by atoms with Crippen LogP contribution < -0.4 is 5.48 Å². The molecule has 2 N–H and O–H groups in total. The smallest absolute Gasteiger partial charge is 0.247 e. The minimum Gasteiger partial charge on any atom is -0.326 e. The lowest BCUT2D eigenvalue weighted by Crippen LogP contribution is -2.29. The molecule has 1 aliphatic heterocycles. The zero-order valence-electron chi connectivity index (χ0n) is 15.3. The van der Waals surface area contributed by atoms with Crippen LogP contribution in [0.3, 0.4) is 0 Å². The van der Waals surface area contributed by atoms with Gasteiger partial charge in [0, 0.05) is 13.0 Å². The average molecular weight is 356 g/mol. The van der Waals surface area contributed by atoms with Crippen LogP contribution in [0, 0.1) is 5.92 Å². The van der Waals surface area contributed by atoms with Crippen molar-refractivity contribution in [1.82, 2.24) is 20.0 Å². The standard InChI is InChI=1S/C18H24N6O2/c1-4-23-15-8-6-5-7-14(15)19-18(23)17(12(2)3)24-11-13(20-22-24)9-10-16(25)21-26/h5-9,12,17,26H,4,10-11H2,1-3H3,(H,21,25)/b13-9-. The topological polar surface area (TPSA) is 95.1 Å². The predicted molar refractivity (Wildman–Crippen MR) is 97.2 cm³/mol. The summed E-state index contributed by atoms with van der Waals surface area (Å²) in [5, 5.41) is 19.0. The van der Waals surface area contributed by atoms with E-state index in [-0.39, 0.29) is 18.4 Å². The summed E-state index contributed by atoms with van der Waals surface area (Å²) in [7, 11) is 0. The lowest BCUT2D eigenvalue weighted by atomic mass is 10.0. The summed E-state index contributed by atoms with van der Waals surface area (Å²) in [6, 6.07) is 8.09. The molecule has 1 amide bonds. The van der Waals surface area contributed by atoms with E-state index < -0.39 is 5.91 Å². The van der Waals surface area contributed by atoms with Crippen molar-refractivity contribution < 1.29 is 10.0 Å². The third kappa shape index (κ3) is 3.45. The predicted octanol–water partition coefficient (Wildman–Crippen LogP) is 3.22. The van der Waals surface area contributed by atoms with Crippen LogP contribution in [0.5, 0.6) is 0 Å². The quantitative estimate of drug-likeness (QED) is 0.614. The summed E-state index contributed by atoms with van der Waals surface area (Å²) in [5.41, 5.74) is 4.41. The molecule has 3 rings (SSSR count). The number of rotatable bonds is 6. The lowest BCUT2D eigenvalue weighted by Gasteiger charge is -2.28. The molecule has 1 atom stereocenters. The maximum Gasteiger partial charge on any atom is 0.247 e. The number of amides is 1. The van der Waals surface area contributed by atoms with E-state index in [1.165, 1.54) is 0 Å². The molecule has 0 saturated heterocycles. The van der Waals surface area contributed by atoms with E-state index in [1.54, 1.807) is 11.6 Å². The Morgan fingerprint density at radius 2 is 2.15 bits per heavy atom. The average Bonchev–Trinajstić information content (AvgIpc) is 3.24. The van der Waals surface area contributed by atoms with Gasteiger partial charge in [-0.1, -0.05) is 31.2 Å². The second-order valence-corrected chi connectivity index (χ2v) is 6.61. The molecule has 8 heteroatoms. The number of benzene rings is 1. The minimum atomic E-state index is -0.473. The van der Waals surface area contributed by atoms with Crippen LogP contribution >= 0.6 is 0 Å². The monoisotopic (exact) mass is 356 g/mol. The Bertz CT molecular complexity index is 854. The van der Waals surface area contributed by atoms with E-state index in [0.29, 0.717) is 12.2 Å². The van der Waals surface area contributed by atoms with E-state index >= 15 is 0 Å². The number of carbonyl (C=O) groups is 1. The highest BCUT2D eigenvalue weighted by atomic mass is 16.5. The fraction of sp³-hybridized carbons (Fsp3) is 0.444. The van der Waals surface area contributed by atoms with E-state index in [1.807, 2.05) is 23.2 Å². The van der Waals surface area contributed by atoms with Crippen LogP contribution in [0.15, 0.2) is 46.4 Å². The summed E-state index contributed by atoms with van der Waals surface area (Å²) in [6.45, 7) is 7.72. The van der Waals surface area contributed by atoms with Gasteiger partial charge < -0.3 is 4.57 Å². The number of hydrogen-bond acceptors (Lipinski definition) is 6. The van der Waals surface area contributed by atoms with Crippen molar-refractivity contribution in [3.8, 4) is 0 Å². The highest BCUT2D eigenvalue weighted by Gasteiger charge is 2.31. The fourth-order valence-corrected chi connectivity index (χ4v) is 3.29. The third-order valence-electron chi connectivity index (χ3n) is 4.48. The molecule has 8 nitrogen and oxygen atoms in total. The number of para-hydroxylation sites is 2. The van der Waals surface area contributed by atoms with Gasteiger partial charge in [-0.05, 0) is 31.1 Å². The molecule has 0 aliphatic carbocycles. The molecular formula is C18H24N6O2. The van der Waals surface area contributed by atoms with E-state index in [9.17, 15) is 4.79 Å². The molecule has 2 heterocycles. The molecule has 0 radical (unpaired) electrons. The molecule has 1 aromatic heterocycles. The summed E-state index contributed by atoms with van der Waals surface area (Å²) in [4.78, 5) is 16.1. The Hall–Kier alpha value is -2.74. The van der Waals surface area contributed by atoms with Crippen LogP contribution in [0.4, 0.5) is 0 Å². The Labute approximate surface area is 152 Å². The molecule has 138 valence electrons. The molecule has 26 heavy (non-hydrogen) atoms. The van der Waals surface area contributed by atoms with Crippen molar-refractivity contribution in [3.63, 3.8) is 0 Å². The van der Waals surface area contributed by atoms with Gasteiger partial charge in [-0.15, -0.1) is 5.11 Å². The van der Waals surface area contributed by atoms with Crippen LogP contribution in [0.25, 0.3) is 11.0 Å². The fourth-order valence-electron chi connectivity index (χ4n) is 3.29. The summed E-state index contributed by atoms with van der Waals surface area (Å²) >= 11 is 0. The second kappa shape index (κ2) is 7.65. The number of fused-ring (bicyclic) bond motifs is 1. The molecular weight excluding hydrogens is 332 g/mol. The van der Waals surface area contributed by atoms with Gasteiger partial charge in [-0.2, -0.15) is 0 Å². The van der Waals surface area contributed by atoms with Gasteiger partial charge in [0.2, 0.25) is 5.91 Å². The highest BCUT2D eigenvalue weighted by molar-refractivity contribution is 5.76. The molecule has 0 bridgehead atoms. The van der Waals surface area contributed by atoms with Crippen LogP contribution in [0.1, 0.15) is 39.1 Å². The summed E-state index contributed by atoms with van der Waals surface area (Å²) in [5.74, 6) is 0.771. The Morgan fingerprint density at radius 1 is 1.38 bits per heavy atom. The van der Waals surface area contributed by atoms with E-state index in [2.05, 4.69) is 41.7 Å². The number of nitrogens with zero attached hydrogens (tertiary/aromatic N) is 5. The third-order valence-corrected chi connectivity index (χ3v) is 4.48. The number of aromatic nitrogens is 2. The van der Waals surface area contributed by atoms with Gasteiger partial charge in [0.15, 0.2) is 0 Å². The van der Waals surface area contributed by atoms with Crippen molar-refractivity contribution in [2.45, 2.75) is 39.8 Å². The zero-order chi connectivity index (χ0) is 18.7. The number of hydrogen-bond donors (Lipinski definition) is 2. The molecule has 0 saturated carbocycles. The molecule has 1 unspecified atom stereocenters. The number of hydroxylamine groups is 1. The van der Waals surface area contributed by atoms with Gasteiger partial charge in [-0.25, -0.2) is 10.5 Å². The first-order valence-corrected chi connectivity index (χ1v) is 8.80. The Balaban J connectivity index is 1.90. The first-order chi connectivity index (χ1) is 12.5. The van der Waals surface area contributed by atoms with Gasteiger partial charge in [0.05, 0.1) is 23.3 Å². The van der Waals surface area contributed by atoms with E-state index in [0.717, 1.165) is 23.4 Å². The Kier molecular flexibility index (Phi) is 5.32. The number of aryl methyl sites for hydroxylation is 1. The first-order valence-electron chi connectivity index (χ1n) is 8.80. The van der Waals surface area contributed by atoms with Crippen LogP contribution in [0.2, 0.25) is 0 Å². The van der Waals surface area contributed by atoms with Crippen molar-refractivity contribution in [2.75, 3.05) is 6.54 Å². The van der Waals surface area contributed by atoms with Crippen LogP contribution in [-0.4, -0.2) is 32.2 Å². The maximum absolute atomic E-state index is 11.2. The Morgan fingerprint density at radius 3 is 2.85 bits per heavy atom. The molecule has 1 aromatic carbocycles. The second-order valence-electron chi connectivity index (χ2n) is 6.61. The summed E-state index contributed by atoms with van der Waals surface area (Å²) < 4.78 is 2.22. The SMILES string of the molecule is CCn1c(C(C(C)C)N2C/C(=C/CC(=O)NO)N=N2)nc2ccccc21. The molecule has 1 aliphatic rings. The summed E-state index contributed by atoms with van der Waals surface area (Å²) in [6.07, 6.45) is 1.74. The van der Waals surface area contributed by atoms with Crippen molar-refractivity contribution in [3.05, 3.63) is 41.9 Å². The van der Waals surface area contributed by atoms with Gasteiger partial charge in [-0.3, -0.25) is 15.0 Å². The first kappa shape index (κ1) is 18.1. The minimum absolute atomic E-state index is 0.0244. The van der Waals surface area contributed by atoms with Gasteiger partial charge >= 0.3 is 0 Å². The van der Waals surface area contributed by atoms with Crippen molar-refractivity contribution in [2.24, 2.45) is 16.3 Å². The van der Waals surface area contributed by atoms with Gasteiger partial charge in [0.1, 0.15) is 11.9 Å². The normalized spacial score (nSPS) is 16.8. The number of nitrogens with one attached hydrogen (secondary N) is 1. The van der Waals surface area contributed by atoms with Crippen LogP contribution in [-0.2, 0) is 11.3 Å². The zero-order valence-corrected chi connectivity index (χ0v) is 15.3. The number of imidazole rings is 1. The molecule has 2 aromatic rings. The molecule has 0 fully saturated rings. The van der Waals surface area contributed by atoms with E-state index in [4.69, 9.17) is 10.2 Å². The van der Waals surface area contributed by atoms with Crippen molar-refractivity contribution >= 4 is 16.9 Å². The van der Waals surface area contributed by atoms with Gasteiger partial charge in [0.25, 0.3) is 0 Å².